The second-order valence-corrected chi connectivity index (χ2v) is 7.73. The Labute approximate surface area is 180 Å². The van der Waals surface area contributed by atoms with E-state index < -0.39 is 5.91 Å². The molecule has 0 aliphatic heterocycles. The van der Waals surface area contributed by atoms with Crippen LogP contribution in [0.15, 0.2) is 60.8 Å². The number of halogens is 2. The minimum atomic E-state index is -0.495. The van der Waals surface area contributed by atoms with Crippen LogP contribution in [-0.4, -0.2) is 21.1 Å². The Bertz CT molecular complexity index is 1170. The molecule has 2 heterocycles. The third-order valence-electron chi connectivity index (χ3n) is 4.13. The molecule has 0 fully saturated rings. The number of nitrogens with one attached hydrogen (secondary N) is 1. The molecule has 144 valence electrons. The number of pyridine rings is 1. The summed E-state index contributed by atoms with van der Waals surface area (Å²) in [6, 6.07) is 17.0. The summed E-state index contributed by atoms with van der Waals surface area (Å²) in [5.41, 5.74) is 9.69. The molecule has 1 amide bonds. The second kappa shape index (κ2) is 8.16. The van der Waals surface area contributed by atoms with Gasteiger partial charge in [-0.3, -0.25) is 10.1 Å². The average Bonchev–Trinajstić information content (AvgIpc) is 3.17. The lowest BCUT2D eigenvalue weighted by atomic mass is 10.0. The zero-order valence-corrected chi connectivity index (χ0v) is 17.1. The molecule has 0 aliphatic rings. The topological polar surface area (TPSA) is 93.8 Å². The summed E-state index contributed by atoms with van der Waals surface area (Å²) in [6.07, 6.45) is 1.43. The molecular formula is C20H13Cl2N5OS. The number of hydrogen-bond donors (Lipinski definition) is 2. The predicted octanol–water partition coefficient (Wildman–Crippen LogP) is 5.41. The van der Waals surface area contributed by atoms with E-state index in [1.54, 1.807) is 0 Å². The Balaban J connectivity index is 1.53. The number of rotatable bonds is 4. The van der Waals surface area contributed by atoms with Gasteiger partial charge in [-0.05, 0) is 17.7 Å². The Hall–Kier alpha value is -3.00. The van der Waals surface area contributed by atoms with E-state index in [-0.39, 0.29) is 15.7 Å². The van der Waals surface area contributed by atoms with Gasteiger partial charge < -0.3 is 5.73 Å². The standard InChI is InChI=1S/C20H13Cl2N5OS/c21-14-9-10-24-17(22)16(14)18(28)25-20-27-26-19(29-20)12-7-5-11(6-8-12)13-3-1-2-4-15(13)23/h1-10H,23H2,(H,25,27,28). The number of nitrogens with two attached hydrogens (primary N) is 1. The van der Waals surface area contributed by atoms with Crippen molar-refractivity contribution in [2.45, 2.75) is 0 Å². The summed E-state index contributed by atoms with van der Waals surface area (Å²) in [7, 11) is 0. The fourth-order valence-corrected chi connectivity index (χ4v) is 3.99. The SMILES string of the molecule is Nc1ccccc1-c1ccc(-c2nnc(NC(=O)c3c(Cl)ccnc3Cl)s2)cc1. The van der Waals surface area contributed by atoms with E-state index in [0.717, 1.165) is 16.7 Å². The highest BCUT2D eigenvalue weighted by Crippen LogP contribution is 2.31. The summed E-state index contributed by atoms with van der Waals surface area (Å²) < 4.78 is 0. The van der Waals surface area contributed by atoms with E-state index in [0.29, 0.717) is 15.8 Å². The van der Waals surface area contributed by atoms with Gasteiger partial charge in [0.2, 0.25) is 5.13 Å². The summed E-state index contributed by atoms with van der Waals surface area (Å²) in [6.45, 7) is 0. The molecule has 4 rings (SSSR count). The predicted molar refractivity (Wildman–Crippen MR) is 117 cm³/mol. The molecule has 4 aromatic rings. The van der Waals surface area contributed by atoms with Crippen molar-refractivity contribution in [3.63, 3.8) is 0 Å². The Kier molecular flexibility index (Phi) is 5.44. The van der Waals surface area contributed by atoms with E-state index in [1.807, 2.05) is 48.5 Å². The number of nitrogen functional groups attached to an aromatic ring is 1. The molecule has 0 spiro atoms. The van der Waals surface area contributed by atoms with Crippen molar-refractivity contribution in [1.82, 2.24) is 15.2 Å². The third kappa shape index (κ3) is 4.07. The van der Waals surface area contributed by atoms with Crippen molar-refractivity contribution in [1.29, 1.82) is 0 Å². The van der Waals surface area contributed by atoms with Gasteiger partial charge in [-0.15, -0.1) is 10.2 Å². The van der Waals surface area contributed by atoms with Gasteiger partial charge in [0, 0.05) is 23.0 Å². The van der Waals surface area contributed by atoms with Crippen molar-refractivity contribution in [2.24, 2.45) is 0 Å². The summed E-state index contributed by atoms with van der Waals surface area (Å²) in [4.78, 5) is 16.3. The third-order valence-corrected chi connectivity index (χ3v) is 5.62. The zero-order chi connectivity index (χ0) is 20.4. The van der Waals surface area contributed by atoms with Crippen molar-refractivity contribution >= 4 is 51.3 Å². The van der Waals surface area contributed by atoms with E-state index in [9.17, 15) is 4.79 Å². The molecule has 2 aromatic heterocycles. The van der Waals surface area contributed by atoms with Crippen molar-refractivity contribution in [3.05, 3.63) is 76.5 Å². The minimum absolute atomic E-state index is 0.0236. The molecule has 29 heavy (non-hydrogen) atoms. The molecule has 9 heteroatoms. The first-order valence-corrected chi connectivity index (χ1v) is 10.0. The van der Waals surface area contributed by atoms with Gasteiger partial charge in [0.1, 0.15) is 10.2 Å². The highest BCUT2D eigenvalue weighted by Gasteiger charge is 2.18. The number of hydrogen-bond acceptors (Lipinski definition) is 6. The largest absolute Gasteiger partial charge is 0.398 e. The molecule has 0 saturated carbocycles. The lowest BCUT2D eigenvalue weighted by Crippen LogP contribution is -2.13. The molecule has 0 aliphatic carbocycles. The number of para-hydroxylation sites is 1. The molecule has 0 atom stereocenters. The number of amides is 1. The number of aromatic nitrogens is 3. The van der Waals surface area contributed by atoms with Gasteiger partial charge in [0.15, 0.2) is 0 Å². The van der Waals surface area contributed by atoms with E-state index >= 15 is 0 Å². The van der Waals surface area contributed by atoms with Crippen molar-refractivity contribution < 1.29 is 4.79 Å². The first-order chi connectivity index (χ1) is 14.0. The Morgan fingerprint density at radius 1 is 0.966 bits per heavy atom. The molecule has 0 unspecified atom stereocenters. The summed E-state index contributed by atoms with van der Waals surface area (Å²) in [5.74, 6) is -0.495. The van der Waals surface area contributed by atoms with E-state index in [4.69, 9.17) is 28.9 Å². The average molecular weight is 442 g/mol. The number of benzene rings is 2. The van der Waals surface area contributed by atoms with Crippen LogP contribution in [0.5, 0.6) is 0 Å². The zero-order valence-electron chi connectivity index (χ0n) is 14.8. The van der Waals surface area contributed by atoms with Crippen LogP contribution in [0.25, 0.3) is 21.7 Å². The molecule has 0 radical (unpaired) electrons. The molecule has 6 nitrogen and oxygen atoms in total. The van der Waals surface area contributed by atoms with Crippen LogP contribution in [0, 0.1) is 0 Å². The summed E-state index contributed by atoms with van der Waals surface area (Å²) in [5, 5.41) is 12.1. The molecular weight excluding hydrogens is 429 g/mol. The normalized spacial score (nSPS) is 10.7. The molecule has 2 aromatic carbocycles. The number of carbonyl (C=O) groups excluding carboxylic acids is 1. The van der Waals surface area contributed by atoms with Crippen LogP contribution in [-0.2, 0) is 0 Å². The van der Waals surface area contributed by atoms with Crippen LogP contribution in [0.2, 0.25) is 10.2 Å². The van der Waals surface area contributed by atoms with Crippen LogP contribution >= 0.6 is 34.5 Å². The van der Waals surface area contributed by atoms with Crippen LogP contribution in [0.1, 0.15) is 10.4 Å². The van der Waals surface area contributed by atoms with Crippen LogP contribution < -0.4 is 11.1 Å². The second-order valence-electron chi connectivity index (χ2n) is 5.99. The number of nitrogens with zero attached hydrogens (tertiary/aromatic N) is 3. The van der Waals surface area contributed by atoms with Gasteiger partial charge in [0.05, 0.1) is 10.6 Å². The molecule has 0 saturated heterocycles. The fourth-order valence-electron chi connectivity index (χ4n) is 2.72. The maximum Gasteiger partial charge on any atom is 0.262 e. The minimum Gasteiger partial charge on any atom is -0.398 e. The first-order valence-electron chi connectivity index (χ1n) is 8.43. The van der Waals surface area contributed by atoms with Gasteiger partial charge in [-0.2, -0.15) is 0 Å². The van der Waals surface area contributed by atoms with Crippen LogP contribution in [0.4, 0.5) is 10.8 Å². The highest BCUT2D eigenvalue weighted by molar-refractivity contribution is 7.18. The Morgan fingerprint density at radius 2 is 1.69 bits per heavy atom. The highest BCUT2D eigenvalue weighted by atomic mass is 35.5. The smallest absolute Gasteiger partial charge is 0.262 e. The van der Waals surface area contributed by atoms with E-state index in [1.165, 1.54) is 23.6 Å². The molecule has 3 N–H and O–H groups in total. The Morgan fingerprint density at radius 3 is 2.41 bits per heavy atom. The fraction of sp³-hybridized carbons (Fsp3) is 0. The van der Waals surface area contributed by atoms with Gasteiger partial charge in [0.25, 0.3) is 5.91 Å². The number of anilines is 2. The number of carbonyl (C=O) groups is 1. The lowest BCUT2D eigenvalue weighted by molar-refractivity contribution is 0.102. The monoisotopic (exact) mass is 441 g/mol. The van der Waals surface area contributed by atoms with Crippen LogP contribution in [0.3, 0.4) is 0 Å². The van der Waals surface area contributed by atoms with Crippen molar-refractivity contribution in [3.8, 4) is 21.7 Å². The first kappa shape index (κ1) is 19.3. The van der Waals surface area contributed by atoms with Gasteiger partial charge in [-0.25, -0.2) is 4.98 Å². The lowest BCUT2D eigenvalue weighted by Gasteiger charge is -2.06. The molecule has 0 bridgehead atoms. The van der Waals surface area contributed by atoms with Gasteiger partial charge >= 0.3 is 0 Å². The summed E-state index contributed by atoms with van der Waals surface area (Å²) >= 11 is 13.3. The maximum absolute atomic E-state index is 12.4. The van der Waals surface area contributed by atoms with Gasteiger partial charge in [-0.1, -0.05) is 77.0 Å². The van der Waals surface area contributed by atoms with Crippen molar-refractivity contribution in [2.75, 3.05) is 11.1 Å². The quantitative estimate of drug-likeness (QED) is 0.326. The van der Waals surface area contributed by atoms with E-state index in [2.05, 4.69) is 20.5 Å². The maximum atomic E-state index is 12.4.